The van der Waals surface area contributed by atoms with Crippen LogP contribution in [-0.2, 0) is 10.2 Å². The summed E-state index contributed by atoms with van der Waals surface area (Å²) in [4.78, 5) is 0. The summed E-state index contributed by atoms with van der Waals surface area (Å²) < 4.78 is 27.9. The van der Waals surface area contributed by atoms with Gasteiger partial charge in [-0.15, -0.1) is 8.80 Å². The van der Waals surface area contributed by atoms with Gasteiger partial charge >= 0.3 is 10.2 Å². The maximum Gasteiger partial charge on any atom is 0.365 e. The van der Waals surface area contributed by atoms with Crippen LogP contribution in [0.5, 0.6) is 0 Å². The van der Waals surface area contributed by atoms with Gasteiger partial charge in [0.05, 0.1) is 0 Å². The molecular weight excluding hydrogens is 166 g/mol. The van der Waals surface area contributed by atoms with E-state index >= 15 is 0 Å². The number of nitrogens with two attached hydrogens (primary N) is 1. The second-order valence-corrected chi connectivity index (χ2v) is 3.82. The van der Waals surface area contributed by atoms with Gasteiger partial charge in [-0.1, -0.05) is 13.8 Å². The third-order valence-corrected chi connectivity index (χ3v) is 2.09. The van der Waals surface area contributed by atoms with E-state index in [9.17, 15) is 8.42 Å². The zero-order chi connectivity index (χ0) is 8.65. The molecule has 0 fully saturated rings. The second kappa shape index (κ2) is 2.30. The standard InChI is InChI=1S/C5H9N3O2S/c1-3(2)4-5(6)8-11(9,10)7-4/h3H,1-2H3,(H2,6,8). The molecule has 6 heteroatoms. The molecule has 5 nitrogen and oxygen atoms in total. The molecule has 62 valence electrons. The molecule has 0 spiro atoms. The van der Waals surface area contributed by atoms with E-state index in [0.29, 0.717) is 5.71 Å². The first kappa shape index (κ1) is 8.19. The summed E-state index contributed by atoms with van der Waals surface area (Å²) in [7, 11) is -3.64. The van der Waals surface area contributed by atoms with Gasteiger partial charge in [0.1, 0.15) is 5.71 Å². The van der Waals surface area contributed by atoms with Crippen LogP contribution < -0.4 is 5.73 Å². The van der Waals surface area contributed by atoms with Crippen molar-refractivity contribution in [3.05, 3.63) is 0 Å². The molecule has 0 radical (unpaired) electrons. The summed E-state index contributed by atoms with van der Waals surface area (Å²) in [6, 6.07) is 0. The van der Waals surface area contributed by atoms with E-state index in [1.54, 1.807) is 0 Å². The zero-order valence-corrected chi connectivity index (χ0v) is 7.09. The second-order valence-electron chi connectivity index (χ2n) is 2.56. The van der Waals surface area contributed by atoms with E-state index in [0.717, 1.165) is 0 Å². The van der Waals surface area contributed by atoms with Crippen LogP contribution >= 0.6 is 0 Å². The summed E-state index contributed by atoms with van der Waals surface area (Å²) >= 11 is 0. The van der Waals surface area contributed by atoms with Crippen molar-refractivity contribution in [2.75, 3.05) is 0 Å². The fourth-order valence-electron chi connectivity index (χ4n) is 0.764. The molecule has 0 aromatic heterocycles. The summed E-state index contributed by atoms with van der Waals surface area (Å²) in [5.41, 5.74) is 5.65. The molecule has 0 unspecified atom stereocenters. The monoisotopic (exact) mass is 175 g/mol. The predicted molar refractivity (Wildman–Crippen MR) is 42.8 cm³/mol. The van der Waals surface area contributed by atoms with E-state index in [4.69, 9.17) is 5.73 Å². The zero-order valence-electron chi connectivity index (χ0n) is 6.27. The Morgan fingerprint density at radius 2 is 1.91 bits per heavy atom. The summed E-state index contributed by atoms with van der Waals surface area (Å²) in [5.74, 6) is 0.0102. The predicted octanol–water partition coefficient (Wildman–Crippen LogP) is -0.301. The van der Waals surface area contributed by atoms with Gasteiger partial charge in [0.15, 0.2) is 5.84 Å². The van der Waals surface area contributed by atoms with Crippen molar-refractivity contribution in [1.82, 2.24) is 0 Å². The molecule has 0 saturated heterocycles. The molecule has 0 saturated carbocycles. The van der Waals surface area contributed by atoms with Crippen LogP contribution in [0.15, 0.2) is 8.80 Å². The fraction of sp³-hybridized carbons (Fsp3) is 0.600. The number of hydrogen-bond donors (Lipinski definition) is 1. The minimum Gasteiger partial charge on any atom is -0.381 e. The third kappa shape index (κ3) is 1.56. The Kier molecular flexibility index (Phi) is 1.71. The van der Waals surface area contributed by atoms with Crippen molar-refractivity contribution in [3.8, 4) is 0 Å². The number of nitrogens with zero attached hydrogens (tertiary/aromatic N) is 2. The highest BCUT2D eigenvalue weighted by atomic mass is 32.2. The molecule has 0 atom stereocenters. The van der Waals surface area contributed by atoms with Crippen molar-refractivity contribution >= 4 is 21.8 Å². The molecule has 1 heterocycles. The Balaban J connectivity index is 3.14. The minimum absolute atomic E-state index is 0.00368. The maximum absolute atomic E-state index is 10.7. The van der Waals surface area contributed by atoms with Crippen LogP contribution in [0.2, 0.25) is 0 Å². The quantitative estimate of drug-likeness (QED) is 0.593. The van der Waals surface area contributed by atoms with Crippen molar-refractivity contribution < 1.29 is 8.42 Å². The van der Waals surface area contributed by atoms with E-state index in [1.807, 2.05) is 13.8 Å². The Morgan fingerprint density at radius 1 is 1.36 bits per heavy atom. The van der Waals surface area contributed by atoms with Crippen LogP contribution in [-0.4, -0.2) is 20.0 Å². The summed E-state index contributed by atoms with van der Waals surface area (Å²) in [6.07, 6.45) is 0. The Labute approximate surface area is 65.2 Å². The van der Waals surface area contributed by atoms with Crippen LogP contribution in [0.25, 0.3) is 0 Å². The lowest BCUT2D eigenvalue weighted by Gasteiger charge is -2.00. The molecular formula is C5H9N3O2S. The Bertz CT molecular complexity index is 326. The van der Waals surface area contributed by atoms with Crippen molar-refractivity contribution in [3.63, 3.8) is 0 Å². The van der Waals surface area contributed by atoms with E-state index in [-0.39, 0.29) is 11.8 Å². The number of hydrogen-bond acceptors (Lipinski definition) is 3. The molecule has 0 amide bonds. The van der Waals surface area contributed by atoms with Crippen molar-refractivity contribution in [2.24, 2.45) is 20.4 Å². The lowest BCUT2D eigenvalue weighted by Crippen LogP contribution is -2.25. The smallest absolute Gasteiger partial charge is 0.365 e. The first-order chi connectivity index (χ1) is 4.92. The van der Waals surface area contributed by atoms with Gasteiger partial charge < -0.3 is 5.73 Å². The van der Waals surface area contributed by atoms with Gasteiger partial charge in [-0.05, 0) is 0 Å². The highest BCUT2D eigenvalue weighted by Crippen LogP contribution is 2.10. The topological polar surface area (TPSA) is 84.9 Å². The molecule has 0 aromatic rings. The van der Waals surface area contributed by atoms with E-state index in [1.165, 1.54) is 0 Å². The first-order valence-corrected chi connectivity index (χ1v) is 4.52. The molecule has 0 aliphatic carbocycles. The minimum atomic E-state index is -3.64. The van der Waals surface area contributed by atoms with Crippen LogP contribution in [0.3, 0.4) is 0 Å². The molecule has 1 aliphatic heterocycles. The molecule has 0 bridgehead atoms. The summed E-state index contributed by atoms with van der Waals surface area (Å²) in [6.45, 7) is 3.62. The van der Waals surface area contributed by atoms with Gasteiger partial charge in [0.25, 0.3) is 0 Å². The maximum atomic E-state index is 10.7. The van der Waals surface area contributed by atoms with Crippen LogP contribution in [0, 0.1) is 5.92 Å². The summed E-state index contributed by atoms with van der Waals surface area (Å²) in [5, 5.41) is 0. The van der Waals surface area contributed by atoms with E-state index in [2.05, 4.69) is 8.80 Å². The van der Waals surface area contributed by atoms with Crippen LogP contribution in [0.4, 0.5) is 0 Å². The van der Waals surface area contributed by atoms with Gasteiger partial charge in [-0.2, -0.15) is 8.42 Å². The highest BCUT2D eigenvalue weighted by Gasteiger charge is 2.23. The third-order valence-electron chi connectivity index (χ3n) is 1.24. The van der Waals surface area contributed by atoms with Gasteiger partial charge in [0, 0.05) is 5.92 Å². The molecule has 0 aromatic carbocycles. The van der Waals surface area contributed by atoms with Crippen LogP contribution in [0.1, 0.15) is 13.8 Å². The lowest BCUT2D eigenvalue weighted by atomic mass is 10.1. The molecule has 2 N–H and O–H groups in total. The number of rotatable bonds is 1. The van der Waals surface area contributed by atoms with Gasteiger partial charge in [-0.3, -0.25) is 0 Å². The largest absolute Gasteiger partial charge is 0.381 e. The average Bonchev–Trinajstić information content (AvgIpc) is 2.05. The fourth-order valence-corrected chi connectivity index (χ4v) is 1.70. The Hall–Kier alpha value is -0.910. The first-order valence-electron chi connectivity index (χ1n) is 3.13. The average molecular weight is 175 g/mol. The van der Waals surface area contributed by atoms with Gasteiger partial charge in [0.2, 0.25) is 0 Å². The molecule has 1 rings (SSSR count). The van der Waals surface area contributed by atoms with Crippen molar-refractivity contribution in [1.29, 1.82) is 0 Å². The molecule has 1 aliphatic rings. The Morgan fingerprint density at radius 3 is 2.09 bits per heavy atom. The SMILES string of the molecule is CC(C)C1=NS(=O)(=O)N=C1N. The normalized spacial score (nSPS) is 21.7. The van der Waals surface area contributed by atoms with E-state index < -0.39 is 10.2 Å². The molecule has 11 heavy (non-hydrogen) atoms. The van der Waals surface area contributed by atoms with Crippen molar-refractivity contribution in [2.45, 2.75) is 13.8 Å². The highest BCUT2D eigenvalue weighted by molar-refractivity contribution is 7.89. The number of amidine groups is 1. The lowest BCUT2D eigenvalue weighted by molar-refractivity contribution is 0.600. The van der Waals surface area contributed by atoms with Gasteiger partial charge in [-0.25, -0.2) is 0 Å².